The zero-order chi connectivity index (χ0) is 14.9. The van der Waals surface area contributed by atoms with E-state index in [0.717, 1.165) is 11.3 Å². The molecule has 108 valence electrons. The van der Waals surface area contributed by atoms with Crippen LogP contribution in [-0.4, -0.2) is 24.9 Å². The van der Waals surface area contributed by atoms with Crippen LogP contribution in [0.25, 0.3) is 0 Å². The minimum absolute atomic E-state index is 0.0901. The molecule has 2 rings (SSSR count). The minimum Gasteiger partial charge on any atom is -0.508 e. The Kier molecular flexibility index (Phi) is 4.53. The molecule has 1 aromatic carbocycles. The molecule has 0 amide bonds. The van der Waals surface area contributed by atoms with Gasteiger partial charge in [-0.15, -0.1) is 11.3 Å². The predicted octanol–water partition coefficient (Wildman–Crippen LogP) is 3.60. The number of sulfonamides is 1. The molecule has 4 nitrogen and oxygen atoms in total. The van der Waals surface area contributed by atoms with Crippen molar-refractivity contribution in [2.24, 2.45) is 0 Å². The van der Waals surface area contributed by atoms with Crippen molar-refractivity contribution in [3.05, 3.63) is 45.7 Å². The van der Waals surface area contributed by atoms with E-state index in [4.69, 9.17) is 0 Å². The van der Waals surface area contributed by atoms with Crippen molar-refractivity contribution in [1.82, 2.24) is 4.31 Å². The minimum atomic E-state index is -3.60. The van der Waals surface area contributed by atoms with Crippen LogP contribution >= 0.6 is 27.3 Å². The molecular weight excluding hydrogens is 362 g/mol. The largest absolute Gasteiger partial charge is 0.508 e. The lowest BCUT2D eigenvalue weighted by atomic mass is 10.1. The molecule has 0 aliphatic carbocycles. The Morgan fingerprint density at radius 3 is 2.50 bits per heavy atom. The SMILES string of the molecule is CC(c1ccccc1O)N(C)S(=O)(=O)c1sccc1Br. The number of nitrogens with zero attached hydrogens (tertiary/aromatic N) is 1. The summed E-state index contributed by atoms with van der Waals surface area (Å²) >= 11 is 4.41. The van der Waals surface area contributed by atoms with Gasteiger partial charge in [-0.1, -0.05) is 18.2 Å². The predicted molar refractivity (Wildman–Crippen MR) is 83.5 cm³/mol. The highest BCUT2D eigenvalue weighted by Crippen LogP contribution is 2.35. The number of hydrogen-bond acceptors (Lipinski definition) is 4. The zero-order valence-corrected chi connectivity index (χ0v) is 14.2. The van der Waals surface area contributed by atoms with Crippen LogP contribution in [0.1, 0.15) is 18.5 Å². The molecule has 1 heterocycles. The summed E-state index contributed by atoms with van der Waals surface area (Å²) in [5.41, 5.74) is 0.575. The Balaban J connectivity index is 2.39. The van der Waals surface area contributed by atoms with Gasteiger partial charge in [0.05, 0.1) is 6.04 Å². The monoisotopic (exact) mass is 375 g/mol. The third-order valence-corrected chi connectivity index (χ3v) is 7.71. The summed E-state index contributed by atoms with van der Waals surface area (Å²) in [5, 5.41) is 11.6. The molecule has 1 aromatic heterocycles. The normalized spacial score (nSPS) is 13.6. The second-order valence-corrected chi connectivity index (χ2v) is 8.28. The van der Waals surface area contributed by atoms with Gasteiger partial charge in [0.1, 0.15) is 9.96 Å². The molecule has 0 saturated heterocycles. The molecule has 2 aromatic rings. The molecule has 0 saturated carbocycles. The first-order chi connectivity index (χ1) is 9.35. The van der Waals surface area contributed by atoms with E-state index in [0.29, 0.717) is 10.0 Å². The quantitative estimate of drug-likeness (QED) is 0.887. The first-order valence-corrected chi connectivity index (χ1v) is 8.96. The van der Waals surface area contributed by atoms with Gasteiger partial charge < -0.3 is 5.11 Å². The maximum absolute atomic E-state index is 12.6. The van der Waals surface area contributed by atoms with E-state index >= 15 is 0 Å². The van der Waals surface area contributed by atoms with Crippen molar-refractivity contribution in [1.29, 1.82) is 0 Å². The van der Waals surface area contributed by atoms with Crippen molar-refractivity contribution in [2.75, 3.05) is 7.05 Å². The number of aromatic hydroxyl groups is 1. The number of benzene rings is 1. The van der Waals surface area contributed by atoms with Crippen LogP contribution in [0.4, 0.5) is 0 Å². The summed E-state index contributed by atoms with van der Waals surface area (Å²) in [6.07, 6.45) is 0. The van der Waals surface area contributed by atoms with Crippen LogP contribution < -0.4 is 0 Å². The average Bonchev–Trinajstić information content (AvgIpc) is 2.84. The summed E-state index contributed by atoms with van der Waals surface area (Å²) in [6.45, 7) is 1.74. The van der Waals surface area contributed by atoms with Gasteiger partial charge in [0.25, 0.3) is 10.0 Å². The van der Waals surface area contributed by atoms with Crippen molar-refractivity contribution in [3.63, 3.8) is 0 Å². The van der Waals surface area contributed by atoms with Crippen molar-refractivity contribution in [3.8, 4) is 5.75 Å². The fourth-order valence-corrected chi connectivity index (χ4v) is 5.66. The Morgan fingerprint density at radius 1 is 1.30 bits per heavy atom. The number of thiophene rings is 1. The van der Waals surface area contributed by atoms with Crippen LogP contribution in [0, 0.1) is 0 Å². The number of halogens is 1. The lowest BCUT2D eigenvalue weighted by Gasteiger charge is -2.24. The molecule has 1 unspecified atom stereocenters. The lowest BCUT2D eigenvalue weighted by Crippen LogP contribution is -2.29. The summed E-state index contributed by atoms with van der Waals surface area (Å²) in [4.78, 5) is 0. The summed E-state index contributed by atoms with van der Waals surface area (Å²) < 4.78 is 27.2. The Labute approximate surface area is 130 Å². The van der Waals surface area contributed by atoms with Gasteiger partial charge in [-0.25, -0.2) is 8.42 Å². The standard InChI is InChI=1S/C13H14BrNO3S2/c1-9(10-5-3-4-6-12(10)16)15(2)20(17,18)13-11(14)7-8-19-13/h3-9,16H,1-2H3. The van der Waals surface area contributed by atoms with E-state index in [1.54, 1.807) is 42.6 Å². The Morgan fingerprint density at radius 2 is 1.95 bits per heavy atom. The van der Waals surface area contributed by atoms with Crippen molar-refractivity contribution < 1.29 is 13.5 Å². The van der Waals surface area contributed by atoms with Gasteiger partial charge in [0.15, 0.2) is 0 Å². The van der Waals surface area contributed by atoms with Gasteiger partial charge in [-0.2, -0.15) is 4.31 Å². The Hall–Kier alpha value is -0.890. The highest BCUT2D eigenvalue weighted by Gasteiger charge is 2.30. The van der Waals surface area contributed by atoms with Gasteiger partial charge in [0.2, 0.25) is 0 Å². The average molecular weight is 376 g/mol. The van der Waals surface area contributed by atoms with E-state index in [2.05, 4.69) is 15.9 Å². The van der Waals surface area contributed by atoms with Crippen LogP contribution in [0.3, 0.4) is 0 Å². The second kappa shape index (κ2) is 5.85. The first-order valence-electron chi connectivity index (χ1n) is 5.84. The van der Waals surface area contributed by atoms with E-state index in [-0.39, 0.29) is 9.96 Å². The highest BCUT2D eigenvalue weighted by molar-refractivity contribution is 9.10. The number of para-hydroxylation sites is 1. The molecular formula is C13H14BrNO3S2. The van der Waals surface area contributed by atoms with Crippen molar-refractivity contribution >= 4 is 37.3 Å². The smallest absolute Gasteiger partial charge is 0.253 e. The Bertz CT molecular complexity index is 712. The van der Waals surface area contributed by atoms with Gasteiger partial charge >= 0.3 is 0 Å². The van der Waals surface area contributed by atoms with E-state index in [9.17, 15) is 13.5 Å². The fraction of sp³-hybridized carbons (Fsp3) is 0.231. The number of hydrogen-bond donors (Lipinski definition) is 1. The summed E-state index contributed by atoms with van der Waals surface area (Å²) in [5.74, 6) is 0.0901. The van der Waals surface area contributed by atoms with Gasteiger partial charge in [-0.3, -0.25) is 0 Å². The van der Waals surface area contributed by atoms with Crippen LogP contribution in [0.15, 0.2) is 44.4 Å². The molecule has 20 heavy (non-hydrogen) atoms. The van der Waals surface area contributed by atoms with E-state index in [1.165, 1.54) is 11.4 Å². The van der Waals surface area contributed by atoms with Crippen molar-refractivity contribution in [2.45, 2.75) is 17.2 Å². The molecule has 0 aliphatic heterocycles. The molecule has 0 radical (unpaired) electrons. The third-order valence-electron chi connectivity index (χ3n) is 3.13. The molecule has 0 aliphatic rings. The molecule has 0 fully saturated rings. The maximum atomic E-state index is 12.6. The number of rotatable bonds is 4. The third kappa shape index (κ3) is 2.76. The lowest BCUT2D eigenvalue weighted by molar-refractivity contribution is 0.381. The van der Waals surface area contributed by atoms with Crippen LogP contribution in [-0.2, 0) is 10.0 Å². The fourth-order valence-electron chi connectivity index (χ4n) is 1.84. The topological polar surface area (TPSA) is 57.6 Å². The molecule has 1 N–H and O–H groups in total. The molecule has 0 bridgehead atoms. The molecule has 7 heteroatoms. The van der Waals surface area contributed by atoms with Crippen LogP contribution in [0.2, 0.25) is 0 Å². The second-order valence-electron chi connectivity index (χ2n) is 4.31. The van der Waals surface area contributed by atoms with E-state index in [1.807, 2.05) is 0 Å². The highest BCUT2D eigenvalue weighted by atomic mass is 79.9. The van der Waals surface area contributed by atoms with Gasteiger partial charge in [0, 0.05) is 17.1 Å². The molecule has 0 spiro atoms. The van der Waals surface area contributed by atoms with Gasteiger partial charge in [-0.05, 0) is 40.4 Å². The zero-order valence-electron chi connectivity index (χ0n) is 10.9. The summed E-state index contributed by atoms with van der Waals surface area (Å²) in [6, 6.07) is 7.98. The maximum Gasteiger partial charge on any atom is 0.253 e. The molecule has 1 atom stereocenters. The van der Waals surface area contributed by atoms with Crippen LogP contribution in [0.5, 0.6) is 5.75 Å². The number of phenolic OH excluding ortho intramolecular Hbond substituents is 1. The van der Waals surface area contributed by atoms with E-state index < -0.39 is 16.1 Å². The number of phenols is 1. The summed E-state index contributed by atoms with van der Waals surface area (Å²) in [7, 11) is -2.08. The first kappa shape index (κ1) is 15.5.